The Bertz CT molecular complexity index is 669. The normalized spacial score (nSPS) is 14.0. The number of carbonyl (C=O) groups excluding carboxylic acids is 1. The van der Waals surface area contributed by atoms with Gasteiger partial charge in [-0.25, -0.2) is 0 Å². The largest absolute Gasteiger partial charge is 0.308 e. The summed E-state index contributed by atoms with van der Waals surface area (Å²) in [4.78, 5) is 14.7. The number of aryl methyl sites for hydroxylation is 1. The summed E-state index contributed by atoms with van der Waals surface area (Å²) in [6, 6.07) is 13.8. The monoisotopic (exact) mass is 393 g/mol. The third kappa shape index (κ3) is 2.54. The van der Waals surface area contributed by atoms with Gasteiger partial charge in [-0.15, -0.1) is 0 Å². The molecular formula is C16H13Br2NO. The van der Waals surface area contributed by atoms with Gasteiger partial charge in [-0.05, 0) is 58.6 Å². The number of hydrogen-bond donors (Lipinski definition) is 0. The second kappa shape index (κ2) is 5.70. The fourth-order valence-electron chi connectivity index (χ4n) is 2.55. The topological polar surface area (TPSA) is 20.3 Å². The van der Waals surface area contributed by atoms with Crippen LogP contribution >= 0.6 is 31.9 Å². The van der Waals surface area contributed by atoms with Crippen molar-refractivity contribution in [3.8, 4) is 0 Å². The fraction of sp³-hybridized carbons (Fsp3) is 0.188. The van der Waals surface area contributed by atoms with Gasteiger partial charge in [0.15, 0.2) is 0 Å². The molecule has 0 radical (unpaired) electrons. The summed E-state index contributed by atoms with van der Waals surface area (Å²) in [6.07, 6.45) is 2.05. The van der Waals surface area contributed by atoms with Crippen LogP contribution in [0.15, 0.2) is 51.4 Å². The molecule has 0 atom stereocenters. The van der Waals surface area contributed by atoms with Crippen LogP contribution in [-0.4, -0.2) is 12.5 Å². The number of nitrogens with zero attached hydrogens (tertiary/aromatic N) is 1. The van der Waals surface area contributed by atoms with Gasteiger partial charge in [0, 0.05) is 21.2 Å². The summed E-state index contributed by atoms with van der Waals surface area (Å²) < 4.78 is 1.74. The van der Waals surface area contributed by atoms with Crippen LogP contribution in [0.1, 0.15) is 22.3 Å². The van der Waals surface area contributed by atoms with E-state index in [2.05, 4.69) is 37.9 Å². The first-order chi connectivity index (χ1) is 9.66. The van der Waals surface area contributed by atoms with Crippen molar-refractivity contribution in [1.82, 2.24) is 0 Å². The fourth-order valence-corrected chi connectivity index (χ4v) is 3.33. The predicted molar refractivity (Wildman–Crippen MR) is 88.3 cm³/mol. The Morgan fingerprint density at radius 3 is 2.75 bits per heavy atom. The van der Waals surface area contributed by atoms with Crippen LogP contribution in [0.5, 0.6) is 0 Å². The molecule has 1 aliphatic heterocycles. The maximum atomic E-state index is 12.8. The zero-order chi connectivity index (χ0) is 14.1. The standard InChI is InChI=1S/C16H13Br2NO/c17-12-7-8-14(18)13(10-12)16(20)19-9-3-5-11-4-1-2-6-15(11)19/h1-2,4,6-8,10H,3,5,9H2. The zero-order valence-electron chi connectivity index (χ0n) is 10.8. The zero-order valence-corrected chi connectivity index (χ0v) is 13.9. The van der Waals surface area contributed by atoms with E-state index in [1.54, 1.807) is 0 Å². The molecule has 1 heterocycles. The molecule has 20 heavy (non-hydrogen) atoms. The SMILES string of the molecule is O=C(c1cc(Br)ccc1Br)N1CCCc2ccccc21. The second-order valence-electron chi connectivity index (χ2n) is 4.81. The molecule has 0 saturated carbocycles. The lowest BCUT2D eigenvalue weighted by molar-refractivity contribution is 0.0984. The molecule has 0 aromatic heterocycles. The lowest BCUT2D eigenvalue weighted by Gasteiger charge is -2.29. The smallest absolute Gasteiger partial charge is 0.259 e. The van der Waals surface area contributed by atoms with Gasteiger partial charge in [-0.1, -0.05) is 34.1 Å². The summed E-state index contributed by atoms with van der Waals surface area (Å²) in [5.74, 6) is 0.0466. The minimum atomic E-state index is 0.0466. The maximum Gasteiger partial charge on any atom is 0.259 e. The van der Waals surface area contributed by atoms with Gasteiger partial charge in [-0.3, -0.25) is 4.79 Å². The van der Waals surface area contributed by atoms with Crippen LogP contribution in [-0.2, 0) is 6.42 Å². The van der Waals surface area contributed by atoms with Gasteiger partial charge in [0.2, 0.25) is 0 Å². The molecule has 2 nitrogen and oxygen atoms in total. The Labute approximate surface area is 135 Å². The molecule has 0 spiro atoms. The van der Waals surface area contributed by atoms with Gasteiger partial charge in [-0.2, -0.15) is 0 Å². The summed E-state index contributed by atoms with van der Waals surface area (Å²) in [7, 11) is 0. The van der Waals surface area contributed by atoms with Crippen LogP contribution in [0.2, 0.25) is 0 Å². The number of anilines is 1. The number of halogens is 2. The van der Waals surface area contributed by atoms with Crippen LogP contribution in [0.4, 0.5) is 5.69 Å². The number of carbonyl (C=O) groups is 1. The van der Waals surface area contributed by atoms with E-state index in [4.69, 9.17) is 0 Å². The quantitative estimate of drug-likeness (QED) is 0.679. The third-order valence-corrected chi connectivity index (χ3v) is 4.70. The minimum Gasteiger partial charge on any atom is -0.308 e. The molecule has 1 aliphatic rings. The molecule has 0 aliphatic carbocycles. The van der Waals surface area contributed by atoms with Gasteiger partial charge in [0.05, 0.1) is 5.56 Å². The summed E-state index contributed by atoms with van der Waals surface area (Å²) in [5.41, 5.74) is 2.98. The lowest BCUT2D eigenvalue weighted by Crippen LogP contribution is -2.35. The van der Waals surface area contributed by atoms with E-state index in [1.807, 2.05) is 41.3 Å². The van der Waals surface area contributed by atoms with E-state index in [1.165, 1.54) is 5.56 Å². The van der Waals surface area contributed by atoms with Crippen molar-refractivity contribution in [3.05, 3.63) is 62.5 Å². The van der Waals surface area contributed by atoms with Crippen molar-refractivity contribution in [2.75, 3.05) is 11.4 Å². The highest BCUT2D eigenvalue weighted by Gasteiger charge is 2.24. The molecular weight excluding hydrogens is 382 g/mol. The molecule has 0 bridgehead atoms. The van der Waals surface area contributed by atoms with Crippen molar-refractivity contribution in [2.45, 2.75) is 12.8 Å². The van der Waals surface area contributed by atoms with Crippen molar-refractivity contribution in [3.63, 3.8) is 0 Å². The Morgan fingerprint density at radius 1 is 1.10 bits per heavy atom. The van der Waals surface area contributed by atoms with Crippen LogP contribution in [0.3, 0.4) is 0 Å². The number of fused-ring (bicyclic) bond motifs is 1. The Morgan fingerprint density at radius 2 is 1.90 bits per heavy atom. The van der Waals surface area contributed by atoms with Crippen LogP contribution in [0, 0.1) is 0 Å². The van der Waals surface area contributed by atoms with E-state index in [-0.39, 0.29) is 5.91 Å². The van der Waals surface area contributed by atoms with E-state index < -0.39 is 0 Å². The second-order valence-corrected chi connectivity index (χ2v) is 6.58. The van der Waals surface area contributed by atoms with E-state index in [9.17, 15) is 4.79 Å². The van der Waals surface area contributed by atoms with Crippen molar-refractivity contribution < 1.29 is 4.79 Å². The summed E-state index contributed by atoms with van der Waals surface area (Å²) >= 11 is 6.90. The van der Waals surface area contributed by atoms with Crippen LogP contribution < -0.4 is 4.90 Å². The van der Waals surface area contributed by atoms with Gasteiger partial charge in [0.25, 0.3) is 5.91 Å². The average molecular weight is 395 g/mol. The highest BCUT2D eigenvalue weighted by atomic mass is 79.9. The van der Waals surface area contributed by atoms with Gasteiger partial charge >= 0.3 is 0 Å². The maximum absolute atomic E-state index is 12.8. The third-order valence-electron chi connectivity index (χ3n) is 3.51. The van der Waals surface area contributed by atoms with Crippen molar-refractivity contribution >= 4 is 43.5 Å². The number of rotatable bonds is 1. The molecule has 0 saturated heterocycles. The summed E-state index contributed by atoms with van der Waals surface area (Å²) in [5, 5.41) is 0. The highest BCUT2D eigenvalue weighted by molar-refractivity contribution is 9.11. The van der Waals surface area contributed by atoms with Crippen LogP contribution in [0.25, 0.3) is 0 Å². The molecule has 0 fully saturated rings. The Kier molecular flexibility index (Phi) is 3.94. The first kappa shape index (κ1) is 13.8. The van der Waals surface area contributed by atoms with E-state index >= 15 is 0 Å². The minimum absolute atomic E-state index is 0.0466. The Hall–Kier alpha value is -1.13. The molecule has 4 heteroatoms. The first-order valence-corrected chi connectivity index (χ1v) is 8.10. The number of para-hydroxylation sites is 1. The molecule has 0 N–H and O–H groups in total. The number of benzene rings is 2. The summed E-state index contributed by atoms with van der Waals surface area (Å²) in [6.45, 7) is 0.773. The highest BCUT2D eigenvalue weighted by Crippen LogP contribution is 2.30. The van der Waals surface area contributed by atoms with Gasteiger partial charge in [0.1, 0.15) is 0 Å². The molecule has 0 unspecified atom stereocenters. The van der Waals surface area contributed by atoms with E-state index in [0.717, 1.165) is 34.0 Å². The first-order valence-electron chi connectivity index (χ1n) is 6.51. The predicted octanol–water partition coefficient (Wildman–Crippen LogP) is 4.80. The van der Waals surface area contributed by atoms with Crippen molar-refractivity contribution in [2.24, 2.45) is 0 Å². The average Bonchev–Trinajstić information content (AvgIpc) is 2.48. The van der Waals surface area contributed by atoms with Gasteiger partial charge < -0.3 is 4.90 Å². The molecule has 1 amide bonds. The molecule has 2 aromatic rings. The molecule has 102 valence electrons. The number of amides is 1. The number of hydrogen-bond acceptors (Lipinski definition) is 1. The van der Waals surface area contributed by atoms with E-state index in [0.29, 0.717) is 5.56 Å². The molecule has 2 aromatic carbocycles. The Balaban J connectivity index is 2.02. The molecule has 3 rings (SSSR count). The van der Waals surface area contributed by atoms with Crippen molar-refractivity contribution in [1.29, 1.82) is 0 Å². The lowest BCUT2D eigenvalue weighted by atomic mass is 10.0.